The van der Waals surface area contributed by atoms with Crippen molar-refractivity contribution in [3.05, 3.63) is 69.8 Å². The summed E-state index contributed by atoms with van der Waals surface area (Å²) in [6.45, 7) is 0.332. The summed E-state index contributed by atoms with van der Waals surface area (Å²) in [5.41, 5.74) is 1.22. The third-order valence-corrected chi connectivity index (χ3v) is 3.46. The van der Waals surface area contributed by atoms with Gasteiger partial charge < -0.3 is 16.0 Å². The number of carbonyl (C=O) groups excluding carboxylic acids is 2. The molecule has 8 nitrogen and oxygen atoms in total. The molecular weight excluding hydrogens is 324 g/mol. The summed E-state index contributed by atoms with van der Waals surface area (Å²) < 4.78 is 0. The maximum atomic E-state index is 11.9. The van der Waals surface area contributed by atoms with E-state index in [-0.39, 0.29) is 23.7 Å². The first-order valence-electron chi connectivity index (χ1n) is 7.56. The molecule has 8 heteroatoms. The molecule has 0 aliphatic heterocycles. The molecule has 0 bridgehead atoms. The van der Waals surface area contributed by atoms with Crippen LogP contribution in [0, 0.1) is 10.1 Å². The van der Waals surface area contributed by atoms with Crippen LogP contribution in [-0.2, 0) is 11.3 Å². The summed E-state index contributed by atoms with van der Waals surface area (Å²) in [7, 11) is 1.43. The minimum Gasteiger partial charge on any atom is -0.376 e. The molecule has 0 aromatic heterocycles. The van der Waals surface area contributed by atoms with Crippen LogP contribution in [0.1, 0.15) is 15.9 Å². The molecule has 0 spiro atoms. The topological polar surface area (TPSA) is 113 Å². The van der Waals surface area contributed by atoms with E-state index in [1.54, 1.807) is 0 Å². The molecule has 0 saturated heterocycles. The van der Waals surface area contributed by atoms with Crippen molar-refractivity contribution in [2.75, 3.05) is 18.9 Å². The summed E-state index contributed by atoms with van der Waals surface area (Å²) in [6.07, 6.45) is 0. The van der Waals surface area contributed by atoms with Gasteiger partial charge in [-0.25, -0.2) is 0 Å². The monoisotopic (exact) mass is 342 g/mol. The van der Waals surface area contributed by atoms with Gasteiger partial charge in [-0.2, -0.15) is 0 Å². The van der Waals surface area contributed by atoms with Crippen molar-refractivity contribution in [1.29, 1.82) is 0 Å². The van der Waals surface area contributed by atoms with E-state index in [0.717, 1.165) is 5.56 Å². The lowest BCUT2D eigenvalue weighted by Gasteiger charge is -2.11. The second-order valence-electron chi connectivity index (χ2n) is 5.18. The molecule has 0 aliphatic rings. The van der Waals surface area contributed by atoms with Crippen LogP contribution >= 0.6 is 0 Å². The number of rotatable bonds is 7. The van der Waals surface area contributed by atoms with Crippen LogP contribution in [0.5, 0.6) is 0 Å². The molecule has 3 N–H and O–H groups in total. The summed E-state index contributed by atoms with van der Waals surface area (Å²) in [5, 5.41) is 18.9. The van der Waals surface area contributed by atoms with Gasteiger partial charge in [-0.05, 0) is 11.6 Å². The average molecular weight is 342 g/mol. The minimum atomic E-state index is -0.581. The lowest BCUT2D eigenvalue weighted by atomic mass is 10.1. The standard InChI is InChI=1S/C17H18N4O4/c1-18-17(23)14-9-13(21(24)25)7-8-15(14)19-11-16(22)20-10-12-5-3-2-4-6-12/h2-9,19H,10-11H2,1H3,(H,18,23)(H,20,22). The van der Waals surface area contributed by atoms with Gasteiger partial charge in [0.15, 0.2) is 0 Å². The molecule has 2 amide bonds. The lowest BCUT2D eigenvalue weighted by Crippen LogP contribution is -2.30. The van der Waals surface area contributed by atoms with Crippen LogP contribution < -0.4 is 16.0 Å². The minimum absolute atomic E-state index is 0.0609. The number of carbonyl (C=O) groups is 2. The van der Waals surface area contributed by atoms with E-state index in [0.29, 0.717) is 12.2 Å². The highest BCUT2D eigenvalue weighted by Gasteiger charge is 2.16. The van der Waals surface area contributed by atoms with Crippen LogP contribution in [0.15, 0.2) is 48.5 Å². The summed E-state index contributed by atoms with van der Waals surface area (Å²) in [4.78, 5) is 34.1. The fourth-order valence-electron chi connectivity index (χ4n) is 2.16. The molecule has 2 rings (SSSR count). The molecule has 2 aromatic rings. The van der Waals surface area contributed by atoms with Crippen molar-refractivity contribution < 1.29 is 14.5 Å². The van der Waals surface area contributed by atoms with Gasteiger partial charge in [0.2, 0.25) is 5.91 Å². The van der Waals surface area contributed by atoms with E-state index in [2.05, 4.69) is 16.0 Å². The maximum Gasteiger partial charge on any atom is 0.270 e. The lowest BCUT2D eigenvalue weighted by molar-refractivity contribution is -0.384. The quantitative estimate of drug-likeness (QED) is 0.523. The zero-order valence-electron chi connectivity index (χ0n) is 13.6. The Morgan fingerprint density at radius 3 is 2.48 bits per heavy atom. The molecule has 2 aromatic carbocycles. The first-order chi connectivity index (χ1) is 12.0. The summed E-state index contributed by atoms with van der Waals surface area (Å²) >= 11 is 0. The number of hydrogen-bond acceptors (Lipinski definition) is 5. The van der Waals surface area contributed by atoms with Crippen LogP contribution in [-0.4, -0.2) is 30.3 Å². The van der Waals surface area contributed by atoms with Crippen molar-refractivity contribution in [2.45, 2.75) is 6.54 Å². The Hall–Kier alpha value is -3.42. The molecule has 25 heavy (non-hydrogen) atoms. The van der Waals surface area contributed by atoms with Gasteiger partial charge in [0.1, 0.15) is 0 Å². The molecule has 0 fully saturated rings. The first kappa shape index (κ1) is 17.9. The number of nitrogens with zero attached hydrogens (tertiary/aromatic N) is 1. The van der Waals surface area contributed by atoms with E-state index < -0.39 is 10.8 Å². The van der Waals surface area contributed by atoms with Crippen molar-refractivity contribution in [3.8, 4) is 0 Å². The Balaban J connectivity index is 2.00. The highest BCUT2D eigenvalue weighted by molar-refractivity contribution is 6.00. The van der Waals surface area contributed by atoms with E-state index in [1.807, 2.05) is 30.3 Å². The number of nitrogens with one attached hydrogen (secondary N) is 3. The molecule has 0 radical (unpaired) electrons. The van der Waals surface area contributed by atoms with Crippen molar-refractivity contribution in [2.24, 2.45) is 0 Å². The largest absolute Gasteiger partial charge is 0.376 e. The van der Waals surface area contributed by atoms with E-state index >= 15 is 0 Å². The molecule has 0 aliphatic carbocycles. The van der Waals surface area contributed by atoms with Crippen LogP contribution in [0.3, 0.4) is 0 Å². The van der Waals surface area contributed by atoms with Crippen molar-refractivity contribution >= 4 is 23.2 Å². The SMILES string of the molecule is CNC(=O)c1cc([N+](=O)[O-])ccc1NCC(=O)NCc1ccccc1. The smallest absolute Gasteiger partial charge is 0.270 e. The predicted octanol–water partition coefficient (Wildman–Crippen LogP) is 1.68. The summed E-state index contributed by atoms with van der Waals surface area (Å²) in [6, 6.07) is 13.3. The Morgan fingerprint density at radius 1 is 1.12 bits per heavy atom. The number of anilines is 1. The van der Waals surface area contributed by atoms with Crippen molar-refractivity contribution in [3.63, 3.8) is 0 Å². The average Bonchev–Trinajstić information content (AvgIpc) is 2.64. The highest BCUT2D eigenvalue weighted by atomic mass is 16.6. The zero-order valence-corrected chi connectivity index (χ0v) is 13.6. The number of nitro groups is 1. The number of nitro benzene ring substituents is 1. The van der Waals surface area contributed by atoms with Gasteiger partial charge in [-0.3, -0.25) is 19.7 Å². The van der Waals surface area contributed by atoms with Crippen LogP contribution in [0.2, 0.25) is 0 Å². The van der Waals surface area contributed by atoms with Crippen molar-refractivity contribution in [1.82, 2.24) is 10.6 Å². The normalized spacial score (nSPS) is 9.96. The summed E-state index contributed by atoms with van der Waals surface area (Å²) in [5.74, 6) is -0.735. The van der Waals surface area contributed by atoms with E-state index in [4.69, 9.17) is 0 Å². The second-order valence-corrected chi connectivity index (χ2v) is 5.18. The van der Waals surface area contributed by atoms with Crippen LogP contribution in [0.4, 0.5) is 11.4 Å². The van der Waals surface area contributed by atoms with Gasteiger partial charge >= 0.3 is 0 Å². The molecule has 0 heterocycles. The van der Waals surface area contributed by atoms with Gasteiger partial charge in [0.25, 0.3) is 11.6 Å². The predicted molar refractivity (Wildman–Crippen MR) is 93.3 cm³/mol. The number of benzene rings is 2. The third kappa shape index (κ3) is 5.03. The Kier molecular flexibility index (Phi) is 6.05. The van der Waals surface area contributed by atoms with E-state index in [1.165, 1.54) is 25.2 Å². The molecule has 0 atom stereocenters. The maximum absolute atomic E-state index is 11.9. The zero-order chi connectivity index (χ0) is 18.2. The molecular formula is C17H18N4O4. The molecule has 0 unspecified atom stereocenters. The number of non-ortho nitro benzene ring substituents is 1. The number of hydrogen-bond donors (Lipinski definition) is 3. The Bertz CT molecular complexity index is 777. The van der Waals surface area contributed by atoms with E-state index in [9.17, 15) is 19.7 Å². The first-order valence-corrected chi connectivity index (χ1v) is 7.56. The highest BCUT2D eigenvalue weighted by Crippen LogP contribution is 2.22. The Morgan fingerprint density at radius 2 is 1.84 bits per heavy atom. The van der Waals surface area contributed by atoms with Gasteiger partial charge in [-0.1, -0.05) is 30.3 Å². The van der Waals surface area contributed by atoms with Crippen LogP contribution in [0.25, 0.3) is 0 Å². The fraction of sp³-hybridized carbons (Fsp3) is 0.176. The second kappa shape index (κ2) is 8.44. The third-order valence-electron chi connectivity index (χ3n) is 3.46. The Labute approximate surface area is 144 Å². The van der Waals surface area contributed by atoms with Gasteiger partial charge in [0.05, 0.1) is 17.0 Å². The fourth-order valence-corrected chi connectivity index (χ4v) is 2.16. The molecule has 0 saturated carbocycles. The van der Waals surface area contributed by atoms with Gasteiger partial charge in [-0.15, -0.1) is 0 Å². The molecule has 130 valence electrons. The van der Waals surface area contributed by atoms with Gasteiger partial charge in [0, 0.05) is 31.4 Å². The number of amides is 2.